The molecule has 0 aliphatic rings. The Morgan fingerprint density at radius 3 is 2.46 bits per heavy atom. The van der Waals surface area contributed by atoms with Crippen LogP contribution in [-0.2, 0) is 19.8 Å². The third-order valence-corrected chi connectivity index (χ3v) is 5.79. The second-order valence-electron chi connectivity index (χ2n) is 8.14. The Morgan fingerprint density at radius 2 is 1.83 bits per heavy atom. The molecule has 0 saturated heterocycles. The van der Waals surface area contributed by atoms with Crippen LogP contribution in [0.5, 0.6) is 0 Å². The largest absolute Gasteiger partial charge is 0.416 e. The first-order valence-corrected chi connectivity index (χ1v) is 10.9. The molecule has 2 heterocycles. The highest BCUT2D eigenvalue weighted by Crippen LogP contribution is 2.34. The molecule has 0 spiro atoms. The van der Waals surface area contributed by atoms with Crippen molar-refractivity contribution >= 4 is 5.91 Å². The summed E-state index contributed by atoms with van der Waals surface area (Å²) < 4.78 is 41.3. The third-order valence-electron chi connectivity index (χ3n) is 5.79. The minimum absolute atomic E-state index is 0.118. The minimum Gasteiger partial charge on any atom is -0.344 e. The van der Waals surface area contributed by atoms with Crippen molar-refractivity contribution in [3.8, 4) is 22.5 Å². The maximum atomic E-state index is 13.2. The SMILES string of the molecule is C[C@@H](NC(=O)c1cccc(-c2ccnn2C)n1)c1ccc(-c2cc(C(F)(F)F)ccc2CN)cc1. The van der Waals surface area contributed by atoms with Crippen LogP contribution in [0.2, 0.25) is 0 Å². The van der Waals surface area contributed by atoms with Crippen LogP contribution in [0.4, 0.5) is 13.2 Å². The van der Waals surface area contributed by atoms with E-state index in [4.69, 9.17) is 5.73 Å². The van der Waals surface area contributed by atoms with E-state index in [2.05, 4.69) is 15.4 Å². The molecule has 0 aliphatic carbocycles. The van der Waals surface area contributed by atoms with Gasteiger partial charge in [0.15, 0.2) is 0 Å². The number of carbonyl (C=O) groups is 1. The molecule has 6 nitrogen and oxygen atoms in total. The molecule has 0 unspecified atom stereocenters. The van der Waals surface area contributed by atoms with Crippen molar-refractivity contribution in [3.05, 3.63) is 95.3 Å². The monoisotopic (exact) mass is 479 g/mol. The molecule has 35 heavy (non-hydrogen) atoms. The number of pyridine rings is 1. The molecule has 0 saturated carbocycles. The average molecular weight is 480 g/mol. The van der Waals surface area contributed by atoms with E-state index in [0.29, 0.717) is 22.4 Å². The second-order valence-corrected chi connectivity index (χ2v) is 8.14. The number of hydrogen-bond donors (Lipinski definition) is 2. The van der Waals surface area contributed by atoms with Crippen molar-refractivity contribution in [2.75, 3.05) is 0 Å². The standard InChI is InChI=1S/C26H24F3N5O/c1-16(32-25(35)23-5-3-4-22(33-23)24-12-13-31-34(24)2)17-6-8-18(9-7-17)21-14-20(26(27,28)29)11-10-19(21)15-30/h3-14,16H,15,30H2,1-2H3,(H,32,35)/t16-/m1/s1. The van der Waals surface area contributed by atoms with Gasteiger partial charge in [-0.15, -0.1) is 0 Å². The fourth-order valence-electron chi connectivity index (χ4n) is 3.83. The van der Waals surface area contributed by atoms with Crippen LogP contribution < -0.4 is 11.1 Å². The molecular formula is C26H24F3N5O. The molecule has 0 aliphatic heterocycles. The highest BCUT2D eigenvalue weighted by molar-refractivity contribution is 5.93. The van der Waals surface area contributed by atoms with Gasteiger partial charge in [0.1, 0.15) is 5.69 Å². The van der Waals surface area contributed by atoms with E-state index < -0.39 is 11.7 Å². The normalized spacial score (nSPS) is 12.4. The van der Waals surface area contributed by atoms with E-state index in [1.54, 1.807) is 60.4 Å². The molecule has 4 rings (SSSR count). The van der Waals surface area contributed by atoms with Gasteiger partial charge >= 0.3 is 6.18 Å². The first kappa shape index (κ1) is 24.2. The van der Waals surface area contributed by atoms with Crippen molar-refractivity contribution < 1.29 is 18.0 Å². The van der Waals surface area contributed by atoms with Gasteiger partial charge in [-0.2, -0.15) is 18.3 Å². The van der Waals surface area contributed by atoms with Crippen LogP contribution in [0.15, 0.2) is 72.9 Å². The van der Waals surface area contributed by atoms with Crippen LogP contribution in [0.1, 0.15) is 40.1 Å². The lowest BCUT2D eigenvalue weighted by Gasteiger charge is -2.16. The Hall–Kier alpha value is -3.98. The van der Waals surface area contributed by atoms with E-state index in [9.17, 15) is 18.0 Å². The van der Waals surface area contributed by atoms with Crippen molar-refractivity contribution in [2.24, 2.45) is 12.8 Å². The lowest BCUT2D eigenvalue weighted by molar-refractivity contribution is -0.137. The van der Waals surface area contributed by atoms with Crippen molar-refractivity contribution in [3.63, 3.8) is 0 Å². The Morgan fingerprint density at radius 1 is 1.09 bits per heavy atom. The molecule has 2 aromatic carbocycles. The summed E-state index contributed by atoms with van der Waals surface area (Å²) in [7, 11) is 1.80. The van der Waals surface area contributed by atoms with Gasteiger partial charge in [0.05, 0.1) is 23.0 Å². The molecule has 1 amide bonds. The molecule has 9 heteroatoms. The molecule has 180 valence electrons. The Kier molecular flexibility index (Phi) is 6.70. The van der Waals surface area contributed by atoms with Gasteiger partial charge in [0.25, 0.3) is 5.91 Å². The van der Waals surface area contributed by atoms with Crippen LogP contribution in [0.3, 0.4) is 0 Å². The fourth-order valence-corrected chi connectivity index (χ4v) is 3.83. The third kappa shape index (κ3) is 5.25. The zero-order valence-electron chi connectivity index (χ0n) is 19.2. The number of amides is 1. The minimum atomic E-state index is -4.44. The maximum Gasteiger partial charge on any atom is 0.416 e. The number of aryl methyl sites for hydroxylation is 1. The Bertz CT molecular complexity index is 1350. The van der Waals surface area contributed by atoms with E-state index in [1.165, 1.54) is 6.07 Å². The van der Waals surface area contributed by atoms with Crippen molar-refractivity contribution in [1.29, 1.82) is 0 Å². The van der Waals surface area contributed by atoms with Crippen LogP contribution in [0.25, 0.3) is 22.5 Å². The van der Waals surface area contributed by atoms with Crippen molar-refractivity contribution in [1.82, 2.24) is 20.1 Å². The summed E-state index contributed by atoms with van der Waals surface area (Å²) in [6, 6.07) is 17.2. The summed E-state index contributed by atoms with van der Waals surface area (Å²) in [5.74, 6) is -0.339. The van der Waals surface area contributed by atoms with Gasteiger partial charge in [-0.05, 0) is 59.5 Å². The number of halogens is 3. The van der Waals surface area contributed by atoms with Gasteiger partial charge in [0, 0.05) is 19.8 Å². The number of nitrogens with two attached hydrogens (primary N) is 1. The molecule has 3 N–H and O–H groups in total. The van der Waals surface area contributed by atoms with Crippen molar-refractivity contribution in [2.45, 2.75) is 25.7 Å². The van der Waals surface area contributed by atoms with E-state index in [1.807, 2.05) is 13.0 Å². The summed E-state index contributed by atoms with van der Waals surface area (Å²) in [6.07, 6.45) is -2.78. The van der Waals surface area contributed by atoms with Crippen LogP contribution in [-0.4, -0.2) is 20.7 Å². The lowest BCUT2D eigenvalue weighted by atomic mass is 9.95. The zero-order chi connectivity index (χ0) is 25.2. The second kappa shape index (κ2) is 9.71. The molecule has 2 aromatic heterocycles. The first-order chi connectivity index (χ1) is 16.7. The van der Waals surface area contributed by atoms with Gasteiger partial charge in [0.2, 0.25) is 0 Å². The predicted molar refractivity (Wildman–Crippen MR) is 127 cm³/mol. The molecule has 0 bridgehead atoms. The summed E-state index contributed by atoms with van der Waals surface area (Å²) in [5.41, 5.74) is 9.17. The molecule has 0 fully saturated rings. The van der Waals surface area contributed by atoms with E-state index >= 15 is 0 Å². The van der Waals surface area contributed by atoms with E-state index in [0.717, 1.165) is 23.4 Å². The summed E-state index contributed by atoms with van der Waals surface area (Å²) >= 11 is 0. The highest BCUT2D eigenvalue weighted by Gasteiger charge is 2.31. The Balaban J connectivity index is 1.52. The van der Waals surface area contributed by atoms with Gasteiger partial charge in [-0.25, -0.2) is 4.98 Å². The van der Waals surface area contributed by atoms with Gasteiger partial charge in [-0.1, -0.05) is 36.4 Å². The summed E-state index contributed by atoms with van der Waals surface area (Å²) in [4.78, 5) is 17.3. The molecule has 4 aromatic rings. The smallest absolute Gasteiger partial charge is 0.344 e. The zero-order valence-corrected chi connectivity index (χ0v) is 19.2. The fraction of sp³-hybridized carbons (Fsp3) is 0.192. The summed E-state index contributed by atoms with van der Waals surface area (Å²) in [6.45, 7) is 1.94. The number of alkyl halides is 3. The predicted octanol–water partition coefficient (Wildman–Crippen LogP) is 5.12. The van der Waals surface area contributed by atoms with Gasteiger partial charge < -0.3 is 11.1 Å². The number of nitrogens with one attached hydrogen (secondary N) is 1. The first-order valence-electron chi connectivity index (χ1n) is 10.9. The number of carbonyl (C=O) groups excluding carboxylic acids is 1. The van der Waals surface area contributed by atoms with Gasteiger partial charge in [-0.3, -0.25) is 9.48 Å². The molecule has 1 atom stereocenters. The lowest BCUT2D eigenvalue weighted by Crippen LogP contribution is -2.27. The average Bonchev–Trinajstić information content (AvgIpc) is 3.29. The topological polar surface area (TPSA) is 85.8 Å². The molecule has 0 radical (unpaired) electrons. The maximum absolute atomic E-state index is 13.2. The highest BCUT2D eigenvalue weighted by atomic mass is 19.4. The molecular weight excluding hydrogens is 455 g/mol. The number of rotatable bonds is 6. The van der Waals surface area contributed by atoms with Crippen LogP contribution >= 0.6 is 0 Å². The number of nitrogens with zero attached hydrogens (tertiary/aromatic N) is 3. The quantitative estimate of drug-likeness (QED) is 0.402. The summed E-state index contributed by atoms with van der Waals surface area (Å²) in [5, 5.41) is 7.04. The van der Waals surface area contributed by atoms with Crippen LogP contribution in [0, 0.1) is 0 Å². The Labute approximate surface area is 200 Å². The van der Waals surface area contributed by atoms with E-state index in [-0.39, 0.29) is 24.2 Å². The number of aromatic nitrogens is 3. The number of benzene rings is 2. The number of hydrogen-bond acceptors (Lipinski definition) is 4.